The summed E-state index contributed by atoms with van der Waals surface area (Å²) in [7, 11) is 0. The standard InChI is InChI=1S/C9H17O/c1-3-5-6-7-9(4-2)8-10/h6-7,9H,3-5,8H2,1-2H3. The Morgan fingerprint density at radius 2 is 2.10 bits per heavy atom. The third kappa shape index (κ3) is 4.57. The molecule has 0 aliphatic heterocycles. The van der Waals surface area contributed by atoms with E-state index in [9.17, 15) is 5.11 Å². The fraction of sp³-hybridized carbons (Fsp3) is 0.778. The Balaban J connectivity index is 3.40. The van der Waals surface area contributed by atoms with Crippen molar-refractivity contribution in [2.24, 2.45) is 5.92 Å². The highest BCUT2D eigenvalue weighted by molar-refractivity contribution is 4.86. The molecule has 0 aromatic carbocycles. The molecule has 1 atom stereocenters. The second-order valence-corrected chi connectivity index (χ2v) is 2.55. The van der Waals surface area contributed by atoms with Gasteiger partial charge in [0.2, 0.25) is 0 Å². The van der Waals surface area contributed by atoms with E-state index < -0.39 is 0 Å². The van der Waals surface area contributed by atoms with Gasteiger partial charge in [0.1, 0.15) is 0 Å². The molecule has 0 aliphatic rings. The average Bonchev–Trinajstić information content (AvgIpc) is 1.99. The maximum Gasteiger partial charge on any atom is 0.0884 e. The molecular formula is C9H17O. The fourth-order valence-corrected chi connectivity index (χ4v) is 0.765. The molecule has 0 spiro atoms. The lowest BCUT2D eigenvalue weighted by atomic mass is 10.1. The summed E-state index contributed by atoms with van der Waals surface area (Å²) >= 11 is 0. The molecule has 1 radical (unpaired) electrons. The van der Waals surface area contributed by atoms with Crippen LogP contribution in [-0.4, -0.2) is 6.61 Å². The van der Waals surface area contributed by atoms with Gasteiger partial charge in [0, 0.05) is 5.92 Å². The van der Waals surface area contributed by atoms with Gasteiger partial charge in [-0.3, -0.25) is 0 Å². The van der Waals surface area contributed by atoms with E-state index in [-0.39, 0.29) is 12.5 Å². The van der Waals surface area contributed by atoms with Crippen LogP contribution in [0.25, 0.3) is 0 Å². The molecule has 0 saturated heterocycles. The lowest BCUT2D eigenvalue weighted by Crippen LogP contribution is -1.97. The van der Waals surface area contributed by atoms with E-state index in [0.717, 1.165) is 12.8 Å². The number of allylic oxidation sites excluding steroid dienone is 1. The minimum atomic E-state index is 0.0384. The van der Waals surface area contributed by atoms with Gasteiger partial charge in [-0.2, -0.15) is 0 Å². The van der Waals surface area contributed by atoms with Gasteiger partial charge in [0.25, 0.3) is 0 Å². The first-order valence-corrected chi connectivity index (χ1v) is 4.09. The zero-order chi connectivity index (χ0) is 7.82. The van der Waals surface area contributed by atoms with Gasteiger partial charge in [-0.05, 0) is 12.8 Å². The van der Waals surface area contributed by atoms with Gasteiger partial charge < -0.3 is 0 Å². The Kier molecular flexibility index (Phi) is 6.61. The van der Waals surface area contributed by atoms with Crippen molar-refractivity contribution in [3.05, 3.63) is 12.2 Å². The van der Waals surface area contributed by atoms with Crippen LogP contribution in [0.2, 0.25) is 0 Å². The number of unbranched alkanes of at least 4 members (excludes halogenated alkanes) is 1. The van der Waals surface area contributed by atoms with Crippen LogP contribution in [0.15, 0.2) is 12.2 Å². The topological polar surface area (TPSA) is 19.9 Å². The largest absolute Gasteiger partial charge is 0.236 e. The summed E-state index contributed by atoms with van der Waals surface area (Å²) in [5.41, 5.74) is 0. The normalized spacial score (nSPS) is 14.3. The van der Waals surface area contributed by atoms with Gasteiger partial charge in [0.15, 0.2) is 0 Å². The SMILES string of the molecule is CCCC=CC(CC)C[O]. The fourth-order valence-electron chi connectivity index (χ4n) is 0.765. The van der Waals surface area contributed by atoms with Crippen molar-refractivity contribution >= 4 is 0 Å². The summed E-state index contributed by atoms with van der Waals surface area (Å²) in [6.45, 7) is 4.23. The molecule has 0 aliphatic carbocycles. The van der Waals surface area contributed by atoms with E-state index in [1.165, 1.54) is 6.42 Å². The van der Waals surface area contributed by atoms with Crippen molar-refractivity contribution in [2.75, 3.05) is 6.61 Å². The molecular weight excluding hydrogens is 124 g/mol. The predicted octanol–water partition coefficient (Wildman–Crippen LogP) is 2.80. The van der Waals surface area contributed by atoms with E-state index in [4.69, 9.17) is 0 Å². The Morgan fingerprint density at radius 3 is 2.50 bits per heavy atom. The maximum absolute atomic E-state index is 10.4. The predicted molar refractivity (Wildman–Crippen MR) is 43.4 cm³/mol. The van der Waals surface area contributed by atoms with Gasteiger partial charge in [-0.15, -0.1) is 0 Å². The molecule has 10 heavy (non-hydrogen) atoms. The zero-order valence-electron chi connectivity index (χ0n) is 6.97. The van der Waals surface area contributed by atoms with Crippen molar-refractivity contribution in [3.63, 3.8) is 0 Å². The van der Waals surface area contributed by atoms with Crippen LogP contribution in [0.3, 0.4) is 0 Å². The van der Waals surface area contributed by atoms with Gasteiger partial charge in [-0.25, -0.2) is 5.11 Å². The van der Waals surface area contributed by atoms with Crippen molar-refractivity contribution in [1.82, 2.24) is 0 Å². The molecule has 1 nitrogen and oxygen atoms in total. The quantitative estimate of drug-likeness (QED) is 0.525. The summed E-state index contributed by atoms with van der Waals surface area (Å²) in [6, 6.07) is 0. The second kappa shape index (κ2) is 6.81. The zero-order valence-corrected chi connectivity index (χ0v) is 6.97. The average molecular weight is 141 g/mol. The molecule has 0 aromatic rings. The molecule has 0 saturated carbocycles. The van der Waals surface area contributed by atoms with E-state index in [0.29, 0.717) is 0 Å². The monoisotopic (exact) mass is 141 g/mol. The van der Waals surface area contributed by atoms with Crippen LogP contribution >= 0.6 is 0 Å². The first-order valence-electron chi connectivity index (χ1n) is 4.09. The second-order valence-electron chi connectivity index (χ2n) is 2.55. The number of hydrogen-bond acceptors (Lipinski definition) is 0. The third-order valence-corrected chi connectivity index (χ3v) is 1.60. The summed E-state index contributed by atoms with van der Waals surface area (Å²) in [4.78, 5) is 0. The first-order chi connectivity index (χ1) is 4.85. The molecule has 0 fully saturated rings. The minimum Gasteiger partial charge on any atom is -0.236 e. The Morgan fingerprint density at radius 1 is 1.40 bits per heavy atom. The van der Waals surface area contributed by atoms with E-state index in [1.54, 1.807) is 0 Å². The molecule has 0 rings (SSSR count). The van der Waals surface area contributed by atoms with Crippen LogP contribution in [0.1, 0.15) is 33.1 Å². The molecule has 0 heterocycles. The highest BCUT2D eigenvalue weighted by atomic mass is 16.3. The molecule has 1 unspecified atom stereocenters. The maximum atomic E-state index is 10.4. The van der Waals surface area contributed by atoms with Crippen molar-refractivity contribution in [2.45, 2.75) is 33.1 Å². The highest BCUT2D eigenvalue weighted by Crippen LogP contribution is 2.04. The van der Waals surface area contributed by atoms with Crippen LogP contribution in [0.4, 0.5) is 0 Å². The highest BCUT2D eigenvalue weighted by Gasteiger charge is 1.97. The van der Waals surface area contributed by atoms with Crippen LogP contribution < -0.4 is 0 Å². The minimum absolute atomic E-state index is 0.0384. The molecule has 0 aromatic heterocycles. The number of hydrogen-bond donors (Lipinski definition) is 0. The smallest absolute Gasteiger partial charge is 0.0884 e. The molecule has 59 valence electrons. The molecule has 1 heteroatoms. The summed E-state index contributed by atoms with van der Waals surface area (Å²) in [6.07, 6.45) is 7.43. The van der Waals surface area contributed by atoms with E-state index in [1.807, 2.05) is 0 Å². The van der Waals surface area contributed by atoms with Gasteiger partial charge in [0.05, 0.1) is 6.61 Å². The van der Waals surface area contributed by atoms with Crippen molar-refractivity contribution in [1.29, 1.82) is 0 Å². The lowest BCUT2D eigenvalue weighted by molar-refractivity contribution is 0.160. The van der Waals surface area contributed by atoms with Crippen molar-refractivity contribution < 1.29 is 5.11 Å². The van der Waals surface area contributed by atoms with E-state index in [2.05, 4.69) is 26.0 Å². The Bertz CT molecular complexity index is 82.7. The molecule has 0 amide bonds. The van der Waals surface area contributed by atoms with Crippen LogP contribution in [0, 0.1) is 5.92 Å². The number of rotatable bonds is 5. The van der Waals surface area contributed by atoms with Gasteiger partial charge >= 0.3 is 0 Å². The van der Waals surface area contributed by atoms with E-state index >= 15 is 0 Å². The first kappa shape index (κ1) is 9.70. The van der Waals surface area contributed by atoms with Crippen LogP contribution in [-0.2, 0) is 5.11 Å². The lowest BCUT2D eigenvalue weighted by Gasteiger charge is -2.01. The van der Waals surface area contributed by atoms with Crippen molar-refractivity contribution in [3.8, 4) is 0 Å². The molecule has 0 bridgehead atoms. The third-order valence-electron chi connectivity index (χ3n) is 1.60. The summed E-state index contributed by atoms with van der Waals surface area (Å²) in [5.74, 6) is 0.270. The van der Waals surface area contributed by atoms with Crippen LogP contribution in [0.5, 0.6) is 0 Å². The Labute approximate surface area is 63.8 Å². The Hall–Kier alpha value is -0.300. The summed E-state index contributed by atoms with van der Waals surface area (Å²) < 4.78 is 0. The summed E-state index contributed by atoms with van der Waals surface area (Å²) in [5, 5.41) is 10.4. The van der Waals surface area contributed by atoms with Gasteiger partial charge in [-0.1, -0.05) is 32.4 Å². The molecule has 0 N–H and O–H groups in total.